The number of aryl methyl sites for hydroxylation is 1. The number of likely N-dealkylation sites (tertiary alicyclic amines) is 1. The molecule has 0 saturated carbocycles. The first kappa shape index (κ1) is 26.5. The highest BCUT2D eigenvalue weighted by Crippen LogP contribution is 2.41. The minimum atomic E-state index is -0.666. The Morgan fingerprint density at radius 3 is 2.43 bits per heavy atom. The molecule has 3 rings (SSSR count). The summed E-state index contributed by atoms with van der Waals surface area (Å²) in [6.07, 6.45) is 2.74. The highest BCUT2D eigenvalue weighted by atomic mass is 16.5. The molecule has 0 spiro atoms. The van der Waals surface area contributed by atoms with Crippen molar-refractivity contribution in [1.82, 2.24) is 4.90 Å². The van der Waals surface area contributed by atoms with Gasteiger partial charge in [-0.25, -0.2) is 0 Å². The largest absolute Gasteiger partial charge is 0.507 e. The van der Waals surface area contributed by atoms with Crippen molar-refractivity contribution in [3.05, 3.63) is 70.3 Å². The van der Waals surface area contributed by atoms with Gasteiger partial charge in [0.25, 0.3) is 11.7 Å². The number of Topliss-reactive ketones (excluding diaryl/α,β-unsaturated/α-hetero) is 1. The Balaban J connectivity index is 2.20. The van der Waals surface area contributed by atoms with Crippen LogP contribution in [0.5, 0.6) is 5.75 Å². The van der Waals surface area contributed by atoms with E-state index in [-0.39, 0.29) is 22.9 Å². The third-order valence-electron chi connectivity index (χ3n) is 6.45. The second-order valence-electron chi connectivity index (χ2n) is 10.7. The molecule has 1 heterocycles. The van der Waals surface area contributed by atoms with Gasteiger partial charge in [-0.15, -0.1) is 0 Å². The second kappa shape index (κ2) is 10.7. The first-order valence-corrected chi connectivity index (χ1v) is 12.6. The molecule has 1 N–H and O–H groups in total. The molecule has 0 aromatic heterocycles. The van der Waals surface area contributed by atoms with Gasteiger partial charge in [-0.05, 0) is 67.5 Å². The van der Waals surface area contributed by atoms with Crippen LogP contribution in [0.1, 0.15) is 89.1 Å². The van der Waals surface area contributed by atoms with Gasteiger partial charge < -0.3 is 14.7 Å². The number of rotatable bonds is 8. The number of aliphatic hydroxyl groups is 1. The second-order valence-corrected chi connectivity index (χ2v) is 10.7. The maximum atomic E-state index is 13.4. The minimum absolute atomic E-state index is 0.0102. The zero-order valence-corrected chi connectivity index (χ0v) is 22.1. The lowest BCUT2D eigenvalue weighted by atomic mass is 9.84. The lowest BCUT2D eigenvalue weighted by molar-refractivity contribution is -0.139. The highest BCUT2D eigenvalue weighted by Gasteiger charge is 2.46. The number of hydrogen-bond donors (Lipinski definition) is 1. The van der Waals surface area contributed by atoms with Gasteiger partial charge in [-0.2, -0.15) is 0 Å². The molecule has 2 aromatic carbocycles. The zero-order valence-electron chi connectivity index (χ0n) is 22.1. The molecule has 5 heteroatoms. The van der Waals surface area contributed by atoms with E-state index in [1.54, 1.807) is 4.90 Å². The molecule has 0 aliphatic carbocycles. The average molecular weight is 478 g/mol. The summed E-state index contributed by atoms with van der Waals surface area (Å²) in [4.78, 5) is 28.2. The van der Waals surface area contributed by atoms with Gasteiger partial charge >= 0.3 is 0 Å². The van der Waals surface area contributed by atoms with E-state index < -0.39 is 17.7 Å². The van der Waals surface area contributed by atoms with Crippen LogP contribution in [0.3, 0.4) is 0 Å². The predicted molar refractivity (Wildman–Crippen MR) is 141 cm³/mol. The van der Waals surface area contributed by atoms with E-state index in [1.807, 2.05) is 63.2 Å². The number of benzene rings is 2. The Bertz CT molecular complexity index is 1120. The summed E-state index contributed by atoms with van der Waals surface area (Å²) < 4.78 is 5.89. The van der Waals surface area contributed by atoms with Crippen molar-refractivity contribution in [2.24, 2.45) is 0 Å². The molecule has 0 bridgehead atoms. The fourth-order valence-corrected chi connectivity index (χ4v) is 4.51. The standard InChI is InChI=1S/C30H39NO4/c1-8-9-10-16-31-26(21-12-11-13-23(17-21)35-19(2)3)25(28(33)29(31)34)27(32)24-18-22(30(5,6)7)15-14-20(24)4/h11-15,17-19,26,32H,8-10,16H2,1-7H3/b27-25+. The lowest BCUT2D eigenvalue weighted by Crippen LogP contribution is -2.30. The monoisotopic (exact) mass is 477 g/mol. The number of amides is 1. The molecular weight excluding hydrogens is 438 g/mol. The van der Waals surface area contributed by atoms with Crippen molar-refractivity contribution in [3.8, 4) is 5.75 Å². The molecule has 0 radical (unpaired) electrons. The summed E-state index contributed by atoms with van der Waals surface area (Å²) in [5.74, 6) is -0.653. The number of aliphatic hydroxyl groups excluding tert-OH is 1. The molecule has 188 valence electrons. The number of hydrogen-bond acceptors (Lipinski definition) is 4. The minimum Gasteiger partial charge on any atom is -0.507 e. The van der Waals surface area contributed by atoms with Crippen molar-refractivity contribution in [3.63, 3.8) is 0 Å². The van der Waals surface area contributed by atoms with Crippen LogP contribution in [0.4, 0.5) is 0 Å². The first-order valence-electron chi connectivity index (χ1n) is 12.6. The molecule has 1 aliphatic heterocycles. The number of carbonyl (C=O) groups excluding carboxylic acids is 2. The van der Waals surface area contributed by atoms with Gasteiger partial charge in [0.2, 0.25) is 0 Å². The number of nitrogens with zero attached hydrogens (tertiary/aromatic N) is 1. The summed E-state index contributed by atoms with van der Waals surface area (Å²) in [7, 11) is 0. The van der Waals surface area contributed by atoms with Gasteiger partial charge in [0.1, 0.15) is 11.5 Å². The van der Waals surface area contributed by atoms with E-state index in [1.165, 1.54) is 0 Å². The maximum Gasteiger partial charge on any atom is 0.295 e. The molecular formula is C30H39NO4. The van der Waals surface area contributed by atoms with Gasteiger partial charge in [0.15, 0.2) is 0 Å². The van der Waals surface area contributed by atoms with Gasteiger partial charge in [-0.3, -0.25) is 9.59 Å². The van der Waals surface area contributed by atoms with Crippen LogP contribution < -0.4 is 4.74 Å². The Morgan fingerprint density at radius 2 is 1.80 bits per heavy atom. The van der Waals surface area contributed by atoms with Crippen molar-refractivity contribution >= 4 is 17.4 Å². The van der Waals surface area contributed by atoms with Crippen LogP contribution in [0.2, 0.25) is 0 Å². The number of ketones is 1. The summed E-state index contributed by atoms with van der Waals surface area (Å²) in [5.41, 5.74) is 3.25. The molecule has 1 fully saturated rings. The quantitative estimate of drug-likeness (QED) is 0.199. The third-order valence-corrected chi connectivity index (χ3v) is 6.45. The fourth-order valence-electron chi connectivity index (χ4n) is 4.51. The third kappa shape index (κ3) is 5.77. The van der Waals surface area contributed by atoms with Crippen molar-refractivity contribution in [2.75, 3.05) is 6.54 Å². The van der Waals surface area contributed by atoms with Crippen LogP contribution in [0.15, 0.2) is 48.0 Å². The van der Waals surface area contributed by atoms with Crippen molar-refractivity contribution in [2.45, 2.75) is 85.3 Å². The Labute approximate surface area is 209 Å². The zero-order chi connectivity index (χ0) is 25.9. The molecule has 2 aromatic rings. The average Bonchev–Trinajstić information content (AvgIpc) is 3.03. The van der Waals surface area contributed by atoms with Crippen LogP contribution >= 0.6 is 0 Å². The smallest absolute Gasteiger partial charge is 0.295 e. The highest BCUT2D eigenvalue weighted by molar-refractivity contribution is 6.46. The molecule has 1 atom stereocenters. The van der Waals surface area contributed by atoms with E-state index in [0.717, 1.165) is 36.0 Å². The van der Waals surface area contributed by atoms with E-state index in [2.05, 4.69) is 27.7 Å². The van der Waals surface area contributed by atoms with Crippen molar-refractivity contribution in [1.29, 1.82) is 0 Å². The van der Waals surface area contributed by atoms with Gasteiger partial charge in [0.05, 0.1) is 17.7 Å². The van der Waals surface area contributed by atoms with Gasteiger partial charge in [0, 0.05) is 12.1 Å². The first-order chi connectivity index (χ1) is 16.5. The van der Waals surface area contributed by atoms with Crippen LogP contribution in [0, 0.1) is 6.92 Å². The lowest BCUT2D eigenvalue weighted by Gasteiger charge is -2.26. The number of carbonyl (C=O) groups is 2. The Morgan fingerprint density at radius 1 is 1.09 bits per heavy atom. The maximum absolute atomic E-state index is 13.4. The molecule has 5 nitrogen and oxygen atoms in total. The molecule has 1 amide bonds. The van der Waals surface area contributed by atoms with E-state index >= 15 is 0 Å². The van der Waals surface area contributed by atoms with Crippen LogP contribution in [-0.2, 0) is 15.0 Å². The summed E-state index contributed by atoms with van der Waals surface area (Å²) in [6.45, 7) is 14.7. The van der Waals surface area contributed by atoms with E-state index in [9.17, 15) is 14.7 Å². The molecule has 35 heavy (non-hydrogen) atoms. The fraction of sp³-hybridized carbons (Fsp3) is 0.467. The molecule has 1 aliphatic rings. The molecule has 1 saturated heterocycles. The van der Waals surface area contributed by atoms with E-state index in [4.69, 9.17) is 4.74 Å². The SMILES string of the molecule is CCCCCN1C(=O)C(=O)/C(=C(/O)c2cc(C(C)(C)C)ccc2C)C1c1cccc(OC(C)C)c1. The van der Waals surface area contributed by atoms with Crippen LogP contribution in [-0.4, -0.2) is 34.3 Å². The number of unbranched alkanes of at least 4 members (excludes halogenated alkanes) is 2. The van der Waals surface area contributed by atoms with Gasteiger partial charge in [-0.1, -0.05) is 64.8 Å². The van der Waals surface area contributed by atoms with Crippen molar-refractivity contribution < 1.29 is 19.4 Å². The summed E-state index contributed by atoms with van der Waals surface area (Å²) in [5, 5.41) is 11.6. The number of ether oxygens (including phenoxy) is 1. The molecule has 1 unspecified atom stereocenters. The Kier molecular flexibility index (Phi) is 8.09. The summed E-state index contributed by atoms with van der Waals surface area (Å²) >= 11 is 0. The van der Waals surface area contributed by atoms with Crippen LogP contribution in [0.25, 0.3) is 5.76 Å². The Hall–Kier alpha value is -3.08. The van der Waals surface area contributed by atoms with E-state index in [0.29, 0.717) is 17.9 Å². The summed E-state index contributed by atoms with van der Waals surface area (Å²) in [6, 6.07) is 12.8. The normalized spacial score (nSPS) is 17.9. The topological polar surface area (TPSA) is 66.8 Å². The predicted octanol–water partition coefficient (Wildman–Crippen LogP) is 6.69.